The summed E-state index contributed by atoms with van der Waals surface area (Å²) in [5, 5.41) is 0. The van der Waals surface area contributed by atoms with Crippen LogP contribution in [0, 0.1) is 11.7 Å². The van der Waals surface area contributed by atoms with Crippen LogP contribution in [0.1, 0.15) is 18.4 Å². The van der Waals surface area contributed by atoms with Crippen molar-refractivity contribution in [2.75, 3.05) is 39.8 Å². The number of piperazine rings is 1. The molecule has 130 valence electrons. The molecule has 2 saturated heterocycles. The summed E-state index contributed by atoms with van der Waals surface area (Å²) in [6.45, 7) is 4.15. The fraction of sp³-hybridized carbons (Fsp3) is 0.556. The van der Waals surface area contributed by atoms with Crippen LogP contribution in [-0.4, -0.2) is 66.3 Å². The van der Waals surface area contributed by atoms with Crippen molar-refractivity contribution in [3.63, 3.8) is 0 Å². The van der Waals surface area contributed by atoms with Gasteiger partial charge in [0.25, 0.3) is 0 Å². The number of hydrogen-bond acceptors (Lipinski definition) is 3. The highest BCUT2D eigenvalue weighted by Gasteiger charge is 2.28. The van der Waals surface area contributed by atoms with Gasteiger partial charge in [-0.1, -0.05) is 12.1 Å². The molecule has 0 aliphatic carbocycles. The van der Waals surface area contributed by atoms with Crippen LogP contribution in [0.4, 0.5) is 4.39 Å². The van der Waals surface area contributed by atoms with Gasteiger partial charge < -0.3 is 9.80 Å². The van der Waals surface area contributed by atoms with E-state index in [9.17, 15) is 14.0 Å². The monoisotopic (exact) mass is 333 g/mol. The molecule has 1 aromatic carbocycles. The van der Waals surface area contributed by atoms with Crippen molar-refractivity contribution in [2.24, 2.45) is 5.92 Å². The molecule has 0 spiro atoms. The van der Waals surface area contributed by atoms with Crippen LogP contribution in [0.3, 0.4) is 0 Å². The van der Waals surface area contributed by atoms with E-state index in [-0.39, 0.29) is 17.6 Å². The first kappa shape index (κ1) is 16.9. The van der Waals surface area contributed by atoms with Crippen molar-refractivity contribution in [3.8, 4) is 0 Å². The van der Waals surface area contributed by atoms with Crippen LogP contribution in [-0.2, 0) is 16.1 Å². The summed E-state index contributed by atoms with van der Waals surface area (Å²) in [4.78, 5) is 29.7. The summed E-state index contributed by atoms with van der Waals surface area (Å²) in [6.07, 6.45) is 1.52. The second-order valence-electron chi connectivity index (χ2n) is 6.86. The van der Waals surface area contributed by atoms with Crippen molar-refractivity contribution in [2.45, 2.75) is 19.4 Å². The average Bonchev–Trinajstić information content (AvgIpc) is 2.55. The van der Waals surface area contributed by atoms with Gasteiger partial charge in [0.2, 0.25) is 11.8 Å². The molecule has 3 rings (SSSR count). The van der Waals surface area contributed by atoms with Gasteiger partial charge in [0.1, 0.15) is 5.82 Å². The van der Waals surface area contributed by atoms with Gasteiger partial charge in [0.15, 0.2) is 0 Å². The molecule has 1 atom stereocenters. The molecule has 0 bridgehead atoms. The molecule has 5 nitrogen and oxygen atoms in total. The lowest BCUT2D eigenvalue weighted by molar-refractivity contribution is -0.138. The number of benzene rings is 1. The highest BCUT2D eigenvalue weighted by molar-refractivity contribution is 5.79. The van der Waals surface area contributed by atoms with Crippen LogP contribution in [0.2, 0.25) is 0 Å². The van der Waals surface area contributed by atoms with Gasteiger partial charge >= 0.3 is 0 Å². The Labute approximate surface area is 142 Å². The quantitative estimate of drug-likeness (QED) is 0.835. The lowest BCUT2D eigenvalue weighted by Crippen LogP contribution is -2.52. The van der Waals surface area contributed by atoms with E-state index in [1.807, 2.05) is 11.9 Å². The van der Waals surface area contributed by atoms with Gasteiger partial charge in [-0.2, -0.15) is 0 Å². The molecule has 0 saturated carbocycles. The Morgan fingerprint density at radius 3 is 2.54 bits per heavy atom. The fourth-order valence-electron chi connectivity index (χ4n) is 3.50. The van der Waals surface area contributed by atoms with Gasteiger partial charge in [-0.3, -0.25) is 14.5 Å². The molecule has 0 N–H and O–H groups in total. The summed E-state index contributed by atoms with van der Waals surface area (Å²) >= 11 is 0. The maximum absolute atomic E-state index is 13.0. The first-order valence-corrected chi connectivity index (χ1v) is 8.50. The number of amides is 2. The summed E-state index contributed by atoms with van der Waals surface area (Å²) in [7, 11) is 1.85. The van der Waals surface area contributed by atoms with Crippen LogP contribution in [0.15, 0.2) is 24.3 Å². The number of halogens is 1. The van der Waals surface area contributed by atoms with Gasteiger partial charge in [-0.15, -0.1) is 0 Å². The Kier molecular flexibility index (Phi) is 5.14. The van der Waals surface area contributed by atoms with E-state index in [0.29, 0.717) is 32.0 Å². The molecular formula is C18H24FN3O2. The van der Waals surface area contributed by atoms with Crippen LogP contribution in [0.5, 0.6) is 0 Å². The molecule has 2 aliphatic heterocycles. The van der Waals surface area contributed by atoms with Gasteiger partial charge in [-0.05, 0) is 30.0 Å². The topological polar surface area (TPSA) is 43.9 Å². The van der Waals surface area contributed by atoms with Crippen molar-refractivity contribution in [1.82, 2.24) is 14.7 Å². The lowest BCUT2D eigenvalue weighted by atomic mass is 9.97. The van der Waals surface area contributed by atoms with Crippen LogP contribution >= 0.6 is 0 Å². The fourth-order valence-corrected chi connectivity index (χ4v) is 3.50. The normalized spacial score (nSPS) is 23.0. The van der Waals surface area contributed by atoms with Gasteiger partial charge in [-0.25, -0.2) is 4.39 Å². The molecule has 6 heteroatoms. The van der Waals surface area contributed by atoms with E-state index < -0.39 is 0 Å². The highest BCUT2D eigenvalue weighted by Crippen LogP contribution is 2.19. The summed E-state index contributed by atoms with van der Waals surface area (Å²) in [5.41, 5.74) is 0.950. The van der Waals surface area contributed by atoms with E-state index in [1.165, 1.54) is 12.1 Å². The molecule has 0 aromatic heterocycles. The predicted octanol–water partition coefficient (Wildman–Crippen LogP) is 1.34. The second-order valence-corrected chi connectivity index (χ2v) is 6.86. The molecule has 2 heterocycles. The SMILES string of the molecule is CN1CC(CN2CCN(Cc3ccc(F)cc3)C(=O)C2)CCC1=O. The Hall–Kier alpha value is -1.95. The second kappa shape index (κ2) is 7.30. The summed E-state index contributed by atoms with van der Waals surface area (Å²) < 4.78 is 13.0. The average molecular weight is 333 g/mol. The summed E-state index contributed by atoms with van der Waals surface area (Å²) in [6, 6.07) is 6.31. The molecule has 2 aliphatic rings. The molecule has 0 radical (unpaired) electrons. The molecule has 1 unspecified atom stereocenters. The minimum atomic E-state index is -0.258. The third-order valence-electron chi connectivity index (χ3n) is 4.93. The zero-order valence-corrected chi connectivity index (χ0v) is 14.1. The van der Waals surface area contributed by atoms with Crippen molar-refractivity contribution in [1.29, 1.82) is 0 Å². The van der Waals surface area contributed by atoms with Crippen LogP contribution < -0.4 is 0 Å². The first-order valence-electron chi connectivity index (χ1n) is 8.50. The first-order chi connectivity index (χ1) is 11.5. The standard InChI is InChI=1S/C18H24FN3O2/c1-20-10-15(4-7-17(20)23)11-21-8-9-22(18(24)13-21)12-14-2-5-16(19)6-3-14/h2-3,5-6,15H,4,7-13H2,1H3. The Balaban J connectivity index is 1.49. The Morgan fingerprint density at radius 1 is 1.12 bits per heavy atom. The number of piperidine rings is 1. The number of likely N-dealkylation sites (tertiary alicyclic amines) is 1. The maximum Gasteiger partial charge on any atom is 0.237 e. The predicted molar refractivity (Wildman–Crippen MR) is 88.6 cm³/mol. The van der Waals surface area contributed by atoms with Crippen molar-refractivity contribution in [3.05, 3.63) is 35.6 Å². The molecule has 24 heavy (non-hydrogen) atoms. The van der Waals surface area contributed by atoms with Gasteiger partial charge in [0, 0.05) is 46.2 Å². The Morgan fingerprint density at radius 2 is 1.88 bits per heavy atom. The van der Waals surface area contributed by atoms with E-state index in [4.69, 9.17) is 0 Å². The van der Waals surface area contributed by atoms with E-state index in [2.05, 4.69) is 4.90 Å². The van der Waals surface area contributed by atoms with Gasteiger partial charge in [0.05, 0.1) is 6.54 Å². The maximum atomic E-state index is 13.0. The molecule has 2 fully saturated rings. The molecule has 1 aromatic rings. The van der Waals surface area contributed by atoms with E-state index in [1.54, 1.807) is 17.0 Å². The number of nitrogens with zero attached hydrogens (tertiary/aromatic N) is 3. The minimum absolute atomic E-state index is 0.116. The lowest BCUT2D eigenvalue weighted by Gasteiger charge is -2.38. The highest BCUT2D eigenvalue weighted by atomic mass is 19.1. The van der Waals surface area contributed by atoms with E-state index >= 15 is 0 Å². The third-order valence-corrected chi connectivity index (χ3v) is 4.93. The zero-order valence-electron chi connectivity index (χ0n) is 14.1. The third kappa shape index (κ3) is 4.12. The number of carbonyl (C=O) groups is 2. The van der Waals surface area contributed by atoms with Crippen molar-refractivity contribution < 1.29 is 14.0 Å². The molecular weight excluding hydrogens is 309 g/mol. The summed E-state index contributed by atoms with van der Waals surface area (Å²) in [5.74, 6) is 0.521. The zero-order chi connectivity index (χ0) is 17.1. The number of rotatable bonds is 4. The Bertz CT molecular complexity index is 605. The number of hydrogen-bond donors (Lipinski definition) is 0. The number of carbonyl (C=O) groups excluding carboxylic acids is 2. The van der Waals surface area contributed by atoms with Crippen LogP contribution in [0.25, 0.3) is 0 Å². The molecule has 2 amide bonds. The minimum Gasteiger partial charge on any atom is -0.345 e. The van der Waals surface area contributed by atoms with E-state index in [0.717, 1.165) is 31.6 Å². The smallest absolute Gasteiger partial charge is 0.237 e. The van der Waals surface area contributed by atoms with Crippen molar-refractivity contribution >= 4 is 11.8 Å². The largest absolute Gasteiger partial charge is 0.345 e.